The molecule has 0 heterocycles. The molecule has 120 valence electrons. The van der Waals surface area contributed by atoms with Gasteiger partial charge in [0.25, 0.3) is 0 Å². The van der Waals surface area contributed by atoms with Gasteiger partial charge in [0.15, 0.2) is 0 Å². The van der Waals surface area contributed by atoms with Crippen molar-refractivity contribution < 1.29 is 0 Å². The van der Waals surface area contributed by atoms with E-state index in [9.17, 15) is 0 Å². The summed E-state index contributed by atoms with van der Waals surface area (Å²) in [5.74, 6) is 0.736. The second kappa shape index (κ2) is 8.37. The lowest BCUT2D eigenvalue weighted by molar-refractivity contribution is 0.591. The summed E-state index contributed by atoms with van der Waals surface area (Å²) in [7, 11) is 0. The van der Waals surface area contributed by atoms with Crippen LogP contribution in [-0.4, -0.2) is 5.25 Å². The van der Waals surface area contributed by atoms with Gasteiger partial charge in [-0.2, -0.15) is 0 Å². The van der Waals surface area contributed by atoms with Gasteiger partial charge in [0.1, 0.15) is 0 Å². The van der Waals surface area contributed by atoms with E-state index in [1.165, 1.54) is 17.7 Å². The lowest BCUT2D eigenvalue weighted by atomic mass is 9.98. The predicted octanol–water partition coefficient (Wildman–Crippen LogP) is 6.22. The molecule has 2 nitrogen and oxygen atoms in total. The van der Waals surface area contributed by atoms with E-state index in [-0.39, 0.29) is 0 Å². The first-order valence-corrected chi connectivity index (χ1v) is 9.67. The summed E-state index contributed by atoms with van der Waals surface area (Å²) in [5.41, 5.74) is 2.28. The van der Waals surface area contributed by atoms with E-state index in [2.05, 4.69) is 64.9 Å². The molecule has 2 N–H and O–H groups in total. The normalized spacial score (nSPS) is 20.2. The SMILES string of the molecule is C[C@H]1C=CC(SNc2ccc(SNc3ccccc3)cc2)CC1. The van der Waals surface area contributed by atoms with Crippen LogP contribution in [0.4, 0.5) is 11.4 Å². The highest BCUT2D eigenvalue weighted by Crippen LogP contribution is 2.28. The van der Waals surface area contributed by atoms with Gasteiger partial charge in [-0.25, -0.2) is 0 Å². The molecular weight excluding hydrogens is 320 g/mol. The zero-order chi connectivity index (χ0) is 15.9. The molecule has 0 amide bonds. The molecule has 0 fully saturated rings. The fraction of sp³-hybridized carbons (Fsp3) is 0.263. The molecule has 1 unspecified atom stereocenters. The summed E-state index contributed by atoms with van der Waals surface area (Å²) in [5, 5.41) is 0.583. The fourth-order valence-corrected chi connectivity index (χ4v) is 3.88. The molecule has 2 aromatic rings. The van der Waals surface area contributed by atoms with Crippen molar-refractivity contribution in [1.29, 1.82) is 0 Å². The second-order valence-electron chi connectivity index (χ2n) is 5.79. The van der Waals surface area contributed by atoms with Crippen LogP contribution in [0.3, 0.4) is 0 Å². The maximum Gasteiger partial charge on any atom is 0.0443 e. The Hall–Kier alpha value is -1.52. The van der Waals surface area contributed by atoms with Crippen LogP contribution in [0.5, 0.6) is 0 Å². The Morgan fingerprint density at radius 3 is 2.26 bits per heavy atom. The van der Waals surface area contributed by atoms with Crippen LogP contribution >= 0.6 is 23.9 Å². The van der Waals surface area contributed by atoms with Crippen molar-refractivity contribution in [3.05, 3.63) is 66.7 Å². The van der Waals surface area contributed by atoms with E-state index < -0.39 is 0 Å². The number of anilines is 2. The van der Waals surface area contributed by atoms with E-state index in [1.807, 2.05) is 30.1 Å². The Labute approximate surface area is 147 Å². The Kier molecular flexibility index (Phi) is 5.94. The Morgan fingerprint density at radius 2 is 1.57 bits per heavy atom. The van der Waals surface area contributed by atoms with Gasteiger partial charge in [-0.05, 0) is 79.1 Å². The number of nitrogens with one attached hydrogen (secondary N) is 2. The van der Waals surface area contributed by atoms with E-state index in [0.717, 1.165) is 17.3 Å². The summed E-state index contributed by atoms with van der Waals surface area (Å²) < 4.78 is 6.82. The molecular formula is C19H22N2S2. The molecule has 0 bridgehead atoms. The number of allylic oxidation sites excluding steroid dienone is 1. The Morgan fingerprint density at radius 1 is 0.826 bits per heavy atom. The Bertz CT molecular complexity index is 626. The third-order valence-electron chi connectivity index (χ3n) is 3.80. The molecule has 2 atom stereocenters. The van der Waals surface area contributed by atoms with Crippen molar-refractivity contribution in [1.82, 2.24) is 0 Å². The number of para-hydroxylation sites is 1. The molecule has 0 aliphatic heterocycles. The standard InChI is InChI=1S/C19H22N2S2/c1-15-7-11-18(12-8-15)22-21-17-9-13-19(14-10-17)23-20-16-5-3-2-4-6-16/h2-7,9-11,13-15,18,20-21H,8,12H2,1H3/t15-,18?/m0/s1. The quantitative estimate of drug-likeness (QED) is 0.480. The van der Waals surface area contributed by atoms with Crippen molar-refractivity contribution in [2.75, 3.05) is 9.44 Å². The van der Waals surface area contributed by atoms with Gasteiger partial charge in [0, 0.05) is 21.5 Å². The van der Waals surface area contributed by atoms with Crippen molar-refractivity contribution in [2.24, 2.45) is 5.92 Å². The average molecular weight is 343 g/mol. The molecule has 1 aliphatic carbocycles. The Balaban J connectivity index is 1.46. The number of hydrogen-bond donors (Lipinski definition) is 2. The first kappa shape index (κ1) is 16.3. The van der Waals surface area contributed by atoms with Crippen LogP contribution in [-0.2, 0) is 0 Å². The lowest BCUT2D eigenvalue weighted by Crippen LogP contribution is -2.09. The lowest BCUT2D eigenvalue weighted by Gasteiger charge is -2.20. The summed E-state index contributed by atoms with van der Waals surface area (Å²) in [6, 6.07) is 18.8. The van der Waals surface area contributed by atoms with E-state index in [0.29, 0.717) is 5.25 Å². The summed E-state index contributed by atoms with van der Waals surface area (Å²) in [6.07, 6.45) is 7.21. The van der Waals surface area contributed by atoms with Crippen LogP contribution in [0.1, 0.15) is 19.8 Å². The van der Waals surface area contributed by atoms with Crippen LogP contribution in [0.2, 0.25) is 0 Å². The van der Waals surface area contributed by atoms with E-state index in [1.54, 1.807) is 11.9 Å². The molecule has 0 spiro atoms. The highest BCUT2D eigenvalue weighted by molar-refractivity contribution is 8.01. The van der Waals surface area contributed by atoms with Crippen LogP contribution in [0, 0.1) is 5.92 Å². The minimum absolute atomic E-state index is 0.583. The molecule has 0 aromatic heterocycles. The largest absolute Gasteiger partial charge is 0.329 e. The minimum atomic E-state index is 0.583. The maximum absolute atomic E-state index is 3.47. The summed E-state index contributed by atoms with van der Waals surface area (Å²) in [6.45, 7) is 2.28. The molecule has 2 aromatic carbocycles. The van der Waals surface area contributed by atoms with Crippen molar-refractivity contribution in [3.63, 3.8) is 0 Å². The van der Waals surface area contributed by atoms with Crippen molar-refractivity contribution in [3.8, 4) is 0 Å². The van der Waals surface area contributed by atoms with Crippen LogP contribution in [0.15, 0.2) is 71.6 Å². The topological polar surface area (TPSA) is 24.1 Å². The van der Waals surface area contributed by atoms with Crippen LogP contribution < -0.4 is 9.44 Å². The van der Waals surface area contributed by atoms with E-state index in [4.69, 9.17) is 0 Å². The number of benzene rings is 2. The third-order valence-corrected chi connectivity index (χ3v) is 5.70. The van der Waals surface area contributed by atoms with Gasteiger partial charge >= 0.3 is 0 Å². The molecule has 0 saturated heterocycles. The van der Waals surface area contributed by atoms with Gasteiger partial charge in [-0.3, -0.25) is 0 Å². The first-order chi connectivity index (χ1) is 11.3. The highest BCUT2D eigenvalue weighted by atomic mass is 32.2. The predicted molar refractivity (Wildman–Crippen MR) is 105 cm³/mol. The molecule has 4 heteroatoms. The molecule has 1 aliphatic rings. The summed E-state index contributed by atoms with van der Waals surface area (Å²) in [4.78, 5) is 1.20. The van der Waals surface area contributed by atoms with Gasteiger partial charge in [-0.15, -0.1) is 0 Å². The van der Waals surface area contributed by atoms with Crippen molar-refractivity contribution in [2.45, 2.75) is 29.9 Å². The van der Waals surface area contributed by atoms with E-state index >= 15 is 0 Å². The zero-order valence-corrected chi connectivity index (χ0v) is 14.9. The summed E-state index contributed by atoms with van der Waals surface area (Å²) >= 11 is 3.44. The molecule has 3 rings (SSSR count). The smallest absolute Gasteiger partial charge is 0.0443 e. The van der Waals surface area contributed by atoms with Gasteiger partial charge in [0.05, 0.1) is 0 Å². The number of hydrogen-bond acceptors (Lipinski definition) is 4. The first-order valence-electron chi connectivity index (χ1n) is 7.97. The third kappa shape index (κ3) is 5.26. The molecule has 0 radical (unpaired) electrons. The number of rotatable bonds is 6. The van der Waals surface area contributed by atoms with Crippen LogP contribution in [0.25, 0.3) is 0 Å². The monoisotopic (exact) mass is 342 g/mol. The molecule has 0 saturated carbocycles. The van der Waals surface area contributed by atoms with Gasteiger partial charge in [-0.1, -0.05) is 37.3 Å². The van der Waals surface area contributed by atoms with Crippen molar-refractivity contribution >= 4 is 35.3 Å². The fourth-order valence-electron chi connectivity index (χ4n) is 2.39. The van der Waals surface area contributed by atoms with Gasteiger partial charge in [0.2, 0.25) is 0 Å². The average Bonchev–Trinajstić information content (AvgIpc) is 2.61. The van der Waals surface area contributed by atoms with Gasteiger partial charge < -0.3 is 9.44 Å². The zero-order valence-electron chi connectivity index (χ0n) is 13.2. The second-order valence-corrected chi connectivity index (χ2v) is 7.72. The highest BCUT2D eigenvalue weighted by Gasteiger charge is 2.12. The maximum atomic E-state index is 3.47. The minimum Gasteiger partial charge on any atom is -0.329 e. The molecule has 23 heavy (non-hydrogen) atoms.